The summed E-state index contributed by atoms with van der Waals surface area (Å²) in [5.41, 5.74) is 2.97. The molecule has 0 saturated carbocycles. The third-order valence-corrected chi connectivity index (χ3v) is 7.08. The lowest BCUT2D eigenvalue weighted by molar-refractivity contribution is -0.895. The third-order valence-electron chi connectivity index (χ3n) is 5.17. The third kappa shape index (κ3) is 4.57. The molecule has 1 saturated heterocycles. The lowest BCUT2D eigenvalue weighted by atomic mass is 10.1. The van der Waals surface area contributed by atoms with Crippen LogP contribution in [-0.2, 0) is 14.8 Å². The number of halogens is 1. The number of quaternary nitrogens is 1. The van der Waals surface area contributed by atoms with E-state index in [-0.39, 0.29) is 17.3 Å². The lowest BCUT2D eigenvalue weighted by Gasteiger charge is -2.31. The van der Waals surface area contributed by atoms with Crippen molar-refractivity contribution in [2.45, 2.75) is 18.7 Å². The van der Waals surface area contributed by atoms with Crippen molar-refractivity contribution in [1.82, 2.24) is 4.31 Å². The molecule has 6 nitrogen and oxygen atoms in total. The minimum absolute atomic E-state index is 0.0847. The van der Waals surface area contributed by atoms with Gasteiger partial charge in [0.05, 0.1) is 31.1 Å². The van der Waals surface area contributed by atoms with Crippen LogP contribution in [0.4, 0.5) is 10.1 Å². The molecule has 1 fully saturated rings. The number of sulfonamides is 1. The Balaban J connectivity index is 1.56. The SMILES string of the molecule is Cc1cccc(NC(=O)C[NH+]2CCN(S(=O)(=O)c3ccc(F)cc3)CC2)c1C. The molecule has 0 unspecified atom stereocenters. The maximum Gasteiger partial charge on any atom is 0.279 e. The first kappa shape index (κ1) is 20.4. The van der Waals surface area contributed by atoms with Gasteiger partial charge in [-0.1, -0.05) is 12.1 Å². The standard InChI is InChI=1S/C20H24FN3O3S/c1-15-4-3-5-19(16(15)2)22-20(25)14-23-10-12-24(13-11-23)28(26,27)18-8-6-17(21)7-9-18/h3-9H,10-14H2,1-2H3,(H,22,25)/p+1. The second-order valence-electron chi connectivity index (χ2n) is 7.08. The molecule has 0 atom stereocenters. The van der Waals surface area contributed by atoms with Crippen LogP contribution < -0.4 is 10.2 Å². The monoisotopic (exact) mass is 406 g/mol. The highest BCUT2D eigenvalue weighted by Crippen LogP contribution is 2.18. The van der Waals surface area contributed by atoms with Gasteiger partial charge in [0, 0.05) is 5.69 Å². The van der Waals surface area contributed by atoms with Gasteiger partial charge in [0.15, 0.2) is 6.54 Å². The van der Waals surface area contributed by atoms with E-state index in [9.17, 15) is 17.6 Å². The van der Waals surface area contributed by atoms with Crippen LogP contribution in [-0.4, -0.2) is 51.4 Å². The number of nitrogens with one attached hydrogen (secondary N) is 2. The maximum atomic E-state index is 13.0. The second-order valence-corrected chi connectivity index (χ2v) is 9.02. The van der Waals surface area contributed by atoms with Crippen LogP contribution in [0.5, 0.6) is 0 Å². The highest BCUT2D eigenvalue weighted by molar-refractivity contribution is 7.89. The van der Waals surface area contributed by atoms with Crippen molar-refractivity contribution in [2.75, 3.05) is 38.0 Å². The van der Waals surface area contributed by atoms with Gasteiger partial charge < -0.3 is 10.2 Å². The molecule has 1 heterocycles. The fourth-order valence-corrected chi connectivity index (χ4v) is 4.72. The second kappa shape index (κ2) is 8.38. The molecule has 2 aromatic rings. The molecule has 2 N–H and O–H groups in total. The first-order valence-corrected chi connectivity index (χ1v) is 10.7. The number of anilines is 1. The molecule has 1 aliphatic rings. The van der Waals surface area contributed by atoms with Crippen molar-refractivity contribution in [3.8, 4) is 0 Å². The molecule has 0 aromatic heterocycles. The lowest BCUT2D eigenvalue weighted by Crippen LogP contribution is -3.15. The van der Waals surface area contributed by atoms with Gasteiger partial charge in [0.25, 0.3) is 5.91 Å². The van der Waals surface area contributed by atoms with E-state index in [2.05, 4.69) is 5.32 Å². The van der Waals surface area contributed by atoms with E-state index in [1.54, 1.807) is 0 Å². The predicted molar refractivity (Wildman–Crippen MR) is 105 cm³/mol. The van der Waals surface area contributed by atoms with Crippen molar-refractivity contribution >= 4 is 21.6 Å². The minimum Gasteiger partial charge on any atom is -0.325 e. The molecular formula is C20H25FN3O3S+. The number of aryl methyl sites for hydroxylation is 1. The van der Waals surface area contributed by atoms with Crippen molar-refractivity contribution in [3.05, 3.63) is 59.4 Å². The summed E-state index contributed by atoms with van der Waals surface area (Å²) in [5, 5.41) is 2.94. The average Bonchev–Trinajstić information content (AvgIpc) is 2.66. The fourth-order valence-electron chi connectivity index (χ4n) is 3.28. The summed E-state index contributed by atoms with van der Waals surface area (Å²) in [5.74, 6) is -0.554. The van der Waals surface area contributed by atoms with E-state index in [0.29, 0.717) is 26.2 Å². The summed E-state index contributed by atoms with van der Waals surface area (Å²) in [6.07, 6.45) is 0. The molecule has 2 aromatic carbocycles. The van der Waals surface area contributed by atoms with Gasteiger partial charge in [0.2, 0.25) is 10.0 Å². The van der Waals surface area contributed by atoms with E-state index in [0.717, 1.165) is 33.8 Å². The molecule has 0 aliphatic carbocycles. The molecule has 1 amide bonds. The summed E-state index contributed by atoms with van der Waals surface area (Å²) in [7, 11) is -3.64. The Bertz CT molecular complexity index is 953. The molecule has 0 bridgehead atoms. The zero-order chi connectivity index (χ0) is 20.3. The quantitative estimate of drug-likeness (QED) is 0.778. The maximum absolute atomic E-state index is 13.0. The molecule has 8 heteroatoms. The number of rotatable bonds is 5. The van der Waals surface area contributed by atoms with Gasteiger partial charge >= 0.3 is 0 Å². The molecule has 150 valence electrons. The van der Waals surface area contributed by atoms with Crippen LogP contribution in [0.25, 0.3) is 0 Å². The number of hydrogen-bond acceptors (Lipinski definition) is 3. The summed E-state index contributed by atoms with van der Waals surface area (Å²) in [6.45, 7) is 5.99. The van der Waals surface area contributed by atoms with E-state index in [1.165, 1.54) is 16.4 Å². The fraction of sp³-hybridized carbons (Fsp3) is 0.350. The van der Waals surface area contributed by atoms with Gasteiger partial charge in [-0.05, 0) is 55.3 Å². The van der Waals surface area contributed by atoms with Gasteiger partial charge in [-0.3, -0.25) is 4.79 Å². The van der Waals surface area contributed by atoms with E-state index in [4.69, 9.17) is 0 Å². The molecule has 3 rings (SSSR count). The van der Waals surface area contributed by atoms with Crippen LogP contribution in [0.15, 0.2) is 47.4 Å². The average molecular weight is 407 g/mol. The summed E-state index contributed by atoms with van der Waals surface area (Å²) >= 11 is 0. The number of amides is 1. The van der Waals surface area contributed by atoms with Gasteiger partial charge in [-0.2, -0.15) is 4.31 Å². The van der Waals surface area contributed by atoms with Crippen molar-refractivity contribution < 1.29 is 22.5 Å². The Hall–Kier alpha value is -2.29. The van der Waals surface area contributed by atoms with Crippen molar-refractivity contribution in [3.63, 3.8) is 0 Å². The highest BCUT2D eigenvalue weighted by Gasteiger charge is 2.31. The molecule has 1 aliphatic heterocycles. The molecule has 0 radical (unpaired) electrons. The minimum atomic E-state index is -3.64. The van der Waals surface area contributed by atoms with E-state index in [1.807, 2.05) is 32.0 Å². The van der Waals surface area contributed by atoms with Crippen LogP contribution >= 0.6 is 0 Å². The van der Waals surface area contributed by atoms with E-state index < -0.39 is 15.8 Å². The zero-order valence-electron chi connectivity index (χ0n) is 16.0. The number of piperazine rings is 1. The van der Waals surface area contributed by atoms with Crippen LogP contribution in [0.2, 0.25) is 0 Å². The smallest absolute Gasteiger partial charge is 0.279 e. The van der Waals surface area contributed by atoms with Gasteiger partial charge in [-0.25, -0.2) is 12.8 Å². The van der Waals surface area contributed by atoms with Crippen LogP contribution in [0.3, 0.4) is 0 Å². The number of hydrogen-bond donors (Lipinski definition) is 2. The van der Waals surface area contributed by atoms with Crippen LogP contribution in [0.1, 0.15) is 11.1 Å². The van der Waals surface area contributed by atoms with E-state index >= 15 is 0 Å². The molecule has 0 spiro atoms. The molecule has 28 heavy (non-hydrogen) atoms. The topological polar surface area (TPSA) is 70.9 Å². The number of carbonyl (C=O) groups is 1. The predicted octanol–water partition coefficient (Wildman–Crippen LogP) is 0.970. The Morgan fingerprint density at radius 2 is 1.75 bits per heavy atom. The first-order valence-electron chi connectivity index (χ1n) is 9.23. The largest absolute Gasteiger partial charge is 0.325 e. The van der Waals surface area contributed by atoms with Gasteiger partial charge in [-0.15, -0.1) is 0 Å². The van der Waals surface area contributed by atoms with Crippen molar-refractivity contribution in [1.29, 1.82) is 0 Å². The number of nitrogens with zero attached hydrogens (tertiary/aromatic N) is 1. The van der Waals surface area contributed by atoms with Crippen molar-refractivity contribution in [2.24, 2.45) is 0 Å². The first-order chi connectivity index (χ1) is 13.3. The Morgan fingerprint density at radius 1 is 1.11 bits per heavy atom. The van der Waals surface area contributed by atoms with Gasteiger partial charge in [0.1, 0.15) is 5.82 Å². The molecular weight excluding hydrogens is 381 g/mol. The number of carbonyl (C=O) groups excluding carboxylic acids is 1. The normalized spacial score (nSPS) is 16.1. The summed E-state index contributed by atoms with van der Waals surface area (Å²) in [4.78, 5) is 13.5. The zero-order valence-corrected chi connectivity index (χ0v) is 16.9. The Labute approximate surface area is 165 Å². The summed E-state index contributed by atoms with van der Waals surface area (Å²) < 4.78 is 39.7. The Morgan fingerprint density at radius 3 is 2.39 bits per heavy atom. The Kier molecular flexibility index (Phi) is 6.12. The summed E-state index contributed by atoms with van der Waals surface area (Å²) in [6, 6.07) is 10.6. The highest BCUT2D eigenvalue weighted by atomic mass is 32.2. The van der Waals surface area contributed by atoms with Crippen LogP contribution in [0, 0.1) is 19.7 Å². The number of benzene rings is 2.